The zero-order chi connectivity index (χ0) is 21.1. The second-order valence-corrected chi connectivity index (χ2v) is 7.25. The molecule has 1 N–H and O–H groups in total. The van der Waals surface area contributed by atoms with E-state index in [1.807, 2.05) is 43.3 Å². The summed E-state index contributed by atoms with van der Waals surface area (Å²) < 4.78 is 12.5. The Bertz CT molecular complexity index is 1190. The van der Waals surface area contributed by atoms with Crippen molar-refractivity contribution in [3.63, 3.8) is 0 Å². The number of aryl methyl sites for hydroxylation is 1. The summed E-state index contributed by atoms with van der Waals surface area (Å²) in [5.74, 6) is 2.18. The van der Waals surface area contributed by atoms with Gasteiger partial charge in [0, 0.05) is 11.6 Å². The minimum Gasteiger partial charge on any atom is -0.493 e. The zero-order valence-corrected chi connectivity index (χ0v) is 17.8. The maximum atomic E-state index is 6.18. The minimum absolute atomic E-state index is 0.654. The van der Waals surface area contributed by atoms with Crippen LogP contribution in [0.2, 0.25) is 5.02 Å². The van der Waals surface area contributed by atoms with Crippen molar-refractivity contribution in [2.45, 2.75) is 13.3 Å². The van der Waals surface area contributed by atoms with Crippen LogP contribution in [0.3, 0.4) is 0 Å². The Labute approximate surface area is 179 Å². The summed E-state index contributed by atoms with van der Waals surface area (Å²) in [6.45, 7) is 2.71. The summed E-state index contributed by atoms with van der Waals surface area (Å²) >= 11 is 6.18. The first kappa shape index (κ1) is 20.0. The fourth-order valence-electron chi connectivity index (χ4n) is 3.33. The van der Waals surface area contributed by atoms with E-state index >= 15 is 0 Å². The summed E-state index contributed by atoms with van der Waals surface area (Å²) in [6.07, 6.45) is 4.11. The van der Waals surface area contributed by atoms with E-state index < -0.39 is 0 Å². The molecule has 0 saturated carbocycles. The first-order valence-electron chi connectivity index (χ1n) is 9.50. The number of hydrogen-bond donors (Lipinski definition) is 1. The summed E-state index contributed by atoms with van der Waals surface area (Å²) in [4.78, 5) is 8.83. The van der Waals surface area contributed by atoms with E-state index in [-0.39, 0.29) is 0 Å². The highest BCUT2D eigenvalue weighted by Crippen LogP contribution is 2.28. The van der Waals surface area contributed by atoms with E-state index in [1.54, 1.807) is 31.4 Å². The highest BCUT2D eigenvalue weighted by atomic mass is 35.5. The number of nitrogens with one attached hydrogen (secondary N) is 1. The van der Waals surface area contributed by atoms with Crippen molar-refractivity contribution in [2.24, 2.45) is 0 Å². The van der Waals surface area contributed by atoms with Crippen LogP contribution >= 0.6 is 11.6 Å². The molecule has 30 heavy (non-hydrogen) atoms. The van der Waals surface area contributed by atoms with E-state index in [9.17, 15) is 0 Å². The molecule has 2 heterocycles. The second kappa shape index (κ2) is 8.59. The van der Waals surface area contributed by atoms with Gasteiger partial charge in [0.05, 0.1) is 31.5 Å². The number of fused-ring (bicyclic) bond motifs is 1. The molecular weight excluding hydrogens is 402 g/mol. The van der Waals surface area contributed by atoms with Gasteiger partial charge in [-0.25, -0.2) is 14.6 Å². The molecule has 0 radical (unpaired) electrons. The highest BCUT2D eigenvalue weighted by Gasteiger charge is 2.13. The third-order valence-corrected chi connectivity index (χ3v) is 5.15. The third-order valence-electron chi connectivity index (χ3n) is 4.92. The van der Waals surface area contributed by atoms with Crippen molar-refractivity contribution >= 4 is 28.5 Å². The van der Waals surface area contributed by atoms with Crippen LogP contribution < -0.4 is 14.8 Å². The van der Waals surface area contributed by atoms with Gasteiger partial charge in [0.25, 0.3) is 0 Å². The van der Waals surface area contributed by atoms with Gasteiger partial charge < -0.3 is 14.8 Å². The van der Waals surface area contributed by atoms with Crippen LogP contribution in [-0.2, 0) is 6.42 Å². The Hall–Kier alpha value is -3.32. The Morgan fingerprint density at radius 3 is 2.67 bits per heavy atom. The van der Waals surface area contributed by atoms with Crippen molar-refractivity contribution in [1.82, 2.24) is 19.7 Å². The number of hydrogen-bond acceptors (Lipinski definition) is 6. The average Bonchev–Trinajstić information content (AvgIpc) is 3.20. The number of rotatable bonds is 7. The van der Waals surface area contributed by atoms with Gasteiger partial charge in [-0.05, 0) is 48.7 Å². The zero-order valence-electron chi connectivity index (χ0n) is 17.0. The molecule has 0 fully saturated rings. The molecule has 0 unspecified atom stereocenters. The van der Waals surface area contributed by atoms with Crippen LogP contribution in [0.1, 0.15) is 11.1 Å². The molecule has 0 saturated heterocycles. The molecule has 0 amide bonds. The predicted molar refractivity (Wildman–Crippen MR) is 118 cm³/mol. The van der Waals surface area contributed by atoms with Crippen molar-refractivity contribution in [3.8, 4) is 17.2 Å². The Morgan fingerprint density at radius 1 is 1.03 bits per heavy atom. The Balaban J connectivity index is 1.55. The smallest absolute Gasteiger partial charge is 0.168 e. The summed E-state index contributed by atoms with van der Waals surface area (Å²) in [5.41, 5.74) is 3.82. The highest BCUT2D eigenvalue weighted by molar-refractivity contribution is 6.30. The molecule has 154 valence electrons. The van der Waals surface area contributed by atoms with Crippen molar-refractivity contribution in [1.29, 1.82) is 0 Å². The van der Waals surface area contributed by atoms with Crippen molar-refractivity contribution < 1.29 is 9.47 Å². The van der Waals surface area contributed by atoms with Gasteiger partial charge in [-0.15, -0.1) is 0 Å². The summed E-state index contributed by atoms with van der Waals surface area (Å²) in [5, 5.41) is 9.42. The average molecular weight is 424 g/mol. The monoisotopic (exact) mass is 423 g/mol. The molecular formula is C22H22ClN5O2. The molecule has 2 aromatic heterocycles. The van der Waals surface area contributed by atoms with Crippen LogP contribution in [0.25, 0.3) is 16.7 Å². The molecule has 7 nitrogen and oxygen atoms in total. The van der Waals surface area contributed by atoms with E-state index in [4.69, 9.17) is 21.1 Å². The maximum Gasteiger partial charge on any atom is 0.168 e. The fourth-order valence-corrected chi connectivity index (χ4v) is 3.50. The van der Waals surface area contributed by atoms with Gasteiger partial charge in [0.2, 0.25) is 0 Å². The Kier molecular flexibility index (Phi) is 5.72. The van der Waals surface area contributed by atoms with Crippen molar-refractivity contribution in [2.75, 3.05) is 26.1 Å². The molecule has 2 aromatic carbocycles. The molecule has 0 aliphatic carbocycles. The van der Waals surface area contributed by atoms with Crippen LogP contribution in [0, 0.1) is 6.92 Å². The first-order valence-corrected chi connectivity index (χ1v) is 9.88. The lowest BCUT2D eigenvalue weighted by Gasteiger charge is -2.11. The van der Waals surface area contributed by atoms with Gasteiger partial charge in [-0.3, -0.25) is 0 Å². The molecule has 0 atom stereocenters. The molecule has 0 aliphatic rings. The predicted octanol–water partition coefficient (Wildman–Crippen LogP) is 4.45. The number of methoxy groups -OCH3 is 2. The molecule has 0 aliphatic heterocycles. The number of benzene rings is 2. The number of nitrogens with zero attached hydrogens (tertiary/aromatic N) is 4. The van der Waals surface area contributed by atoms with Gasteiger partial charge in [0.1, 0.15) is 12.1 Å². The summed E-state index contributed by atoms with van der Waals surface area (Å²) in [6, 6.07) is 11.6. The summed E-state index contributed by atoms with van der Waals surface area (Å²) in [7, 11) is 3.27. The third kappa shape index (κ3) is 3.89. The fraction of sp³-hybridized carbons (Fsp3) is 0.227. The van der Waals surface area contributed by atoms with Gasteiger partial charge in [-0.1, -0.05) is 23.7 Å². The minimum atomic E-state index is 0.654. The number of aromatic nitrogens is 4. The van der Waals surface area contributed by atoms with Gasteiger partial charge >= 0.3 is 0 Å². The van der Waals surface area contributed by atoms with Crippen LogP contribution in [-0.4, -0.2) is 40.5 Å². The van der Waals surface area contributed by atoms with E-state index in [0.717, 1.165) is 51.6 Å². The SMILES string of the molecule is COc1ccc(CCNc2ncnc3c2cnn3-c2cc(Cl)ccc2C)cc1OC. The van der Waals surface area contributed by atoms with Gasteiger partial charge in [-0.2, -0.15) is 5.10 Å². The van der Waals surface area contributed by atoms with Gasteiger partial charge in [0.15, 0.2) is 17.1 Å². The van der Waals surface area contributed by atoms with E-state index in [2.05, 4.69) is 20.4 Å². The lowest BCUT2D eigenvalue weighted by molar-refractivity contribution is 0.354. The van der Waals surface area contributed by atoms with E-state index in [0.29, 0.717) is 11.6 Å². The largest absolute Gasteiger partial charge is 0.493 e. The normalized spacial score (nSPS) is 10.9. The molecule has 4 aromatic rings. The number of ether oxygens (including phenoxy) is 2. The van der Waals surface area contributed by atoms with Crippen LogP contribution in [0.5, 0.6) is 11.5 Å². The number of anilines is 1. The second-order valence-electron chi connectivity index (χ2n) is 6.81. The topological polar surface area (TPSA) is 74.1 Å². The molecule has 8 heteroatoms. The molecule has 0 spiro atoms. The lowest BCUT2D eigenvalue weighted by atomic mass is 10.1. The standard InChI is InChI=1S/C22H22ClN5O2/c1-14-4-6-16(23)11-18(14)28-22-17(12-27-28)21(25-13-26-22)24-9-8-15-5-7-19(29-2)20(10-15)30-3/h4-7,10-13H,8-9H2,1-3H3,(H,24,25,26). The van der Waals surface area contributed by atoms with Crippen LogP contribution in [0.15, 0.2) is 48.9 Å². The quantitative estimate of drug-likeness (QED) is 0.473. The Morgan fingerprint density at radius 2 is 1.87 bits per heavy atom. The van der Waals surface area contributed by atoms with E-state index in [1.165, 1.54) is 0 Å². The maximum absolute atomic E-state index is 6.18. The van der Waals surface area contributed by atoms with Crippen LogP contribution in [0.4, 0.5) is 5.82 Å². The lowest BCUT2D eigenvalue weighted by Crippen LogP contribution is -2.07. The van der Waals surface area contributed by atoms with Crippen molar-refractivity contribution in [3.05, 3.63) is 65.1 Å². The first-order chi connectivity index (χ1) is 14.6. The molecule has 0 bridgehead atoms. The molecule has 4 rings (SSSR count). The number of halogens is 1.